The van der Waals surface area contributed by atoms with Gasteiger partial charge in [-0.3, -0.25) is 0 Å². The van der Waals surface area contributed by atoms with E-state index in [9.17, 15) is 0 Å². The van der Waals surface area contributed by atoms with Crippen LogP contribution in [0.4, 0.5) is 0 Å². The Bertz CT molecular complexity index is 193. The quantitative estimate of drug-likeness (QED) is 0.471. The van der Waals surface area contributed by atoms with Crippen molar-refractivity contribution in [2.75, 3.05) is 11.5 Å². The first-order valence-corrected chi connectivity index (χ1v) is 4.24. The SMILES string of the molecule is N#CC=CCSCC=CC#N. The molecular formula is C8H8N2S. The molecule has 0 atom stereocenters. The summed E-state index contributed by atoms with van der Waals surface area (Å²) in [5, 5.41) is 16.2. The topological polar surface area (TPSA) is 47.6 Å². The average Bonchev–Trinajstić information content (AvgIpc) is 2.03. The molecule has 0 aromatic heterocycles. The van der Waals surface area contributed by atoms with Gasteiger partial charge in [0.25, 0.3) is 0 Å². The zero-order valence-electron chi connectivity index (χ0n) is 6.03. The standard InChI is InChI=1S/C8H8N2S/c9-5-1-3-7-11-8-4-2-6-10/h1-4H,7-8H2. The molecule has 0 spiro atoms. The van der Waals surface area contributed by atoms with Gasteiger partial charge in [0, 0.05) is 23.7 Å². The van der Waals surface area contributed by atoms with Gasteiger partial charge in [-0.1, -0.05) is 12.2 Å². The molecule has 0 aliphatic carbocycles. The van der Waals surface area contributed by atoms with Gasteiger partial charge in [0.1, 0.15) is 0 Å². The summed E-state index contributed by atoms with van der Waals surface area (Å²) in [6.07, 6.45) is 6.51. The van der Waals surface area contributed by atoms with E-state index in [0.29, 0.717) is 0 Å². The first-order chi connectivity index (χ1) is 5.41. The maximum absolute atomic E-state index is 8.10. The van der Waals surface area contributed by atoms with Crippen LogP contribution in [-0.2, 0) is 0 Å². The Morgan fingerprint density at radius 3 is 1.82 bits per heavy atom. The lowest BCUT2D eigenvalue weighted by molar-refractivity contribution is 1.53. The lowest BCUT2D eigenvalue weighted by Gasteiger charge is -1.86. The summed E-state index contributed by atoms with van der Waals surface area (Å²) in [7, 11) is 0. The first kappa shape index (κ1) is 9.81. The van der Waals surface area contributed by atoms with Crippen molar-refractivity contribution in [3.05, 3.63) is 24.3 Å². The Hall–Kier alpha value is -1.19. The van der Waals surface area contributed by atoms with E-state index in [1.165, 1.54) is 12.2 Å². The number of hydrogen-bond acceptors (Lipinski definition) is 3. The van der Waals surface area contributed by atoms with Crippen molar-refractivity contribution < 1.29 is 0 Å². The molecule has 3 heteroatoms. The molecule has 0 aliphatic heterocycles. The van der Waals surface area contributed by atoms with E-state index >= 15 is 0 Å². The Morgan fingerprint density at radius 2 is 1.45 bits per heavy atom. The minimum atomic E-state index is 0.823. The molecule has 0 bridgehead atoms. The van der Waals surface area contributed by atoms with E-state index < -0.39 is 0 Å². The van der Waals surface area contributed by atoms with Crippen molar-refractivity contribution in [1.82, 2.24) is 0 Å². The summed E-state index contributed by atoms with van der Waals surface area (Å²) in [5.74, 6) is 1.65. The number of rotatable bonds is 4. The summed E-state index contributed by atoms with van der Waals surface area (Å²) in [5.41, 5.74) is 0. The molecule has 0 unspecified atom stereocenters. The fraction of sp³-hybridized carbons (Fsp3) is 0.250. The molecule has 0 saturated heterocycles. The van der Waals surface area contributed by atoms with Gasteiger partial charge < -0.3 is 0 Å². The molecular weight excluding hydrogens is 156 g/mol. The van der Waals surface area contributed by atoms with Crippen LogP contribution in [0, 0.1) is 22.7 Å². The van der Waals surface area contributed by atoms with Crippen LogP contribution in [0.15, 0.2) is 24.3 Å². The van der Waals surface area contributed by atoms with Crippen molar-refractivity contribution in [3.63, 3.8) is 0 Å². The van der Waals surface area contributed by atoms with E-state index in [4.69, 9.17) is 10.5 Å². The fourth-order valence-electron chi connectivity index (χ4n) is 0.406. The second kappa shape index (κ2) is 8.81. The van der Waals surface area contributed by atoms with E-state index in [2.05, 4.69) is 0 Å². The Kier molecular flexibility index (Phi) is 7.86. The van der Waals surface area contributed by atoms with Crippen LogP contribution >= 0.6 is 11.8 Å². The predicted octanol–water partition coefficient (Wildman–Crippen LogP) is 1.88. The number of thioether (sulfide) groups is 1. The second-order valence-electron chi connectivity index (χ2n) is 1.60. The molecule has 0 N–H and O–H groups in total. The summed E-state index contributed by atoms with van der Waals surface area (Å²) in [4.78, 5) is 0. The molecule has 0 rings (SSSR count). The van der Waals surface area contributed by atoms with Crippen LogP contribution in [0.2, 0.25) is 0 Å². The molecule has 0 amide bonds. The van der Waals surface area contributed by atoms with Crippen LogP contribution in [0.25, 0.3) is 0 Å². The minimum absolute atomic E-state index is 0.823. The van der Waals surface area contributed by atoms with Gasteiger partial charge in [-0.15, -0.1) is 0 Å². The first-order valence-electron chi connectivity index (χ1n) is 3.09. The van der Waals surface area contributed by atoms with E-state index in [1.54, 1.807) is 23.9 Å². The van der Waals surface area contributed by atoms with Gasteiger partial charge >= 0.3 is 0 Å². The third kappa shape index (κ3) is 8.81. The van der Waals surface area contributed by atoms with Crippen molar-refractivity contribution >= 4 is 11.8 Å². The number of nitrogens with zero attached hydrogens (tertiary/aromatic N) is 2. The fourth-order valence-corrected chi connectivity index (χ4v) is 1.01. The molecule has 0 fully saturated rings. The molecule has 11 heavy (non-hydrogen) atoms. The second-order valence-corrected chi connectivity index (χ2v) is 2.68. The van der Waals surface area contributed by atoms with Gasteiger partial charge in [-0.05, 0) is 0 Å². The molecule has 0 aromatic rings. The van der Waals surface area contributed by atoms with Gasteiger partial charge in [0.15, 0.2) is 0 Å². The highest BCUT2D eigenvalue weighted by molar-refractivity contribution is 7.99. The Labute approximate surface area is 70.8 Å². The molecule has 0 aromatic carbocycles. The summed E-state index contributed by atoms with van der Waals surface area (Å²) in [6, 6.07) is 3.81. The smallest absolute Gasteiger partial charge is 0.0908 e. The van der Waals surface area contributed by atoms with Crippen LogP contribution in [0.3, 0.4) is 0 Å². The molecule has 0 heterocycles. The lowest BCUT2D eigenvalue weighted by Crippen LogP contribution is -1.72. The van der Waals surface area contributed by atoms with E-state index in [-0.39, 0.29) is 0 Å². The van der Waals surface area contributed by atoms with Crippen molar-refractivity contribution in [1.29, 1.82) is 10.5 Å². The van der Waals surface area contributed by atoms with Crippen molar-refractivity contribution in [2.24, 2.45) is 0 Å². The highest BCUT2D eigenvalue weighted by atomic mass is 32.2. The number of nitriles is 2. The third-order valence-corrected chi connectivity index (χ3v) is 1.67. The highest BCUT2D eigenvalue weighted by Gasteiger charge is 1.78. The van der Waals surface area contributed by atoms with Crippen molar-refractivity contribution in [3.8, 4) is 12.1 Å². The predicted molar refractivity (Wildman–Crippen MR) is 46.8 cm³/mol. The molecule has 56 valence electrons. The minimum Gasteiger partial charge on any atom is -0.193 e. The van der Waals surface area contributed by atoms with Crippen LogP contribution in [-0.4, -0.2) is 11.5 Å². The zero-order chi connectivity index (χ0) is 8.36. The van der Waals surface area contributed by atoms with Gasteiger partial charge in [-0.2, -0.15) is 22.3 Å². The maximum Gasteiger partial charge on any atom is 0.0908 e. The zero-order valence-corrected chi connectivity index (χ0v) is 6.84. The third-order valence-electron chi connectivity index (χ3n) is 0.813. The van der Waals surface area contributed by atoms with E-state index in [1.807, 2.05) is 12.1 Å². The molecule has 2 nitrogen and oxygen atoms in total. The maximum atomic E-state index is 8.10. The molecule has 0 saturated carbocycles. The summed E-state index contributed by atoms with van der Waals surface area (Å²) >= 11 is 1.66. The Morgan fingerprint density at radius 1 is 1.00 bits per heavy atom. The Balaban J connectivity index is 3.18. The lowest BCUT2D eigenvalue weighted by atomic mass is 10.6. The molecule has 0 radical (unpaired) electrons. The van der Waals surface area contributed by atoms with Crippen LogP contribution < -0.4 is 0 Å². The van der Waals surface area contributed by atoms with Gasteiger partial charge in [0.2, 0.25) is 0 Å². The summed E-state index contributed by atoms with van der Waals surface area (Å²) < 4.78 is 0. The number of allylic oxidation sites excluding steroid dienone is 2. The average molecular weight is 164 g/mol. The van der Waals surface area contributed by atoms with Crippen LogP contribution in [0.5, 0.6) is 0 Å². The van der Waals surface area contributed by atoms with Crippen LogP contribution in [0.1, 0.15) is 0 Å². The van der Waals surface area contributed by atoms with Crippen molar-refractivity contribution in [2.45, 2.75) is 0 Å². The van der Waals surface area contributed by atoms with Gasteiger partial charge in [0.05, 0.1) is 12.1 Å². The van der Waals surface area contributed by atoms with E-state index in [0.717, 1.165) is 11.5 Å². The highest BCUT2D eigenvalue weighted by Crippen LogP contribution is 1.99. The van der Waals surface area contributed by atoms with Gasteiger partial charge in [-0.25, -0.2) is 0 Å². The largest absolute Gasteiger partial charge is 0.193 e. The monoisotopic (exact) mass is 164 g/mol. The summed E-state index contributed by atoms with van der Waals surface area (Å²) in [6.45, 7) is 0. The molecule has 0 aliphatic rings. The number of hydrogen-bond donors (Lipinski definition) is 0. The normalized spacial score (nSPS) is 10.0.